The normalized spacial score (nSPS) is 28.0. The van der Waals surface area contributed by atoms with Crippen LogP contribution in [0.2, 0.25) is 5.02 Å². The lowest BCUT2D eigenvalue weighted by Crippen LogP contribution is -2.59. The van der Waals surface area contributed by atoms with Crippen molar-refractivity contribution >= 4 is 23.0 Å². The van der Waals surface area contributed by atoms with Gasteiger partial charge in [-0.1, -0.05) is 25.4 Å². The number of nitrogens with one attached hydrogen (secondary N) is 1. The summed E-state index contributed by atoms with van der Waals surface area (Å²) in [6.45, 7) is 7.01. The van der Waals surface area contributed by atoms with Crippen LogP contribution >= 0.6 is 11.6 Å². The second-order valence-corrected chi connectivity index (χ2v) is 6.06. The molecule has 116 valence electrons. The van der Waals surface area contributed by atoms with Gasteiger partial charge >= 0.3 is 0 Å². The van der Waals surface area contributed by atoms with Crippen molar-refractivity contribution < 1.29 is 9.66 Å². The van der Waals surface area contributed by atoms with Gasteiger partial charge < -0.3 is 10.1 Å². The Morgan fingerprint density at radius 1 is 1.52 bits per heavy atom. The zero-order valence-electron chi connectivity index (χ0n) is 12.6. The van der Waals surface area contributed by atoms with E-state index in [-0.39, 0.29) is 23.2 Å². The molecule has 0 bridgehead atoms. The first kappa shape index (κ1) is 16.0. The molecular weight excluding hydrogens is 292 g/mol. The number of nitro groups is 1. The highest BCUT2D eigenvalue weighted by Gasteiger charge is 2.51. The molecule has 1 aliphatic carbocycles. The lowest BCUT2D eigenvalue weighted by atomic mass is 9.61. The summed E-state index contributed by atoms with van der Waals surface area (Å²) in [6, 6.07) is 4.67. The summed E-state index contributed by atoms with van der Waals surface area (Å²) in [7, 11) is 0. The molecule has 1 aromatic carbocycles. The lowest BCUT2D eigenvalue weighted by molar-refractivity contribution is -0.384. The van der Waals surface area contributed by atoms with Crippen LogP contribution in [0.25, 0.3) is 0 Å². The van der Waals surface area contributed by atoms with Gasteiger partial charge in [0, 0.05) is 30.2 Å². The fourth-order valence-electron chi connectivity index (χ4n) is 2.90. The third kappa shape index (κ3) is 2.99. The van der Waals surface area contributed by atoms with Gasteiger partial charge in [0.25, 0.3) is 5.69 Å². The van der Waals surface area contributed by atoms with Crippen LogP contribution in [0.3, 0.4) is 0 Å². The van der Waals surface area contributed by atoms with Crippen LogP contribution in [0.1, 0.15) is 33.6 Å². The predicted octanol–water partition coefficient (Wildman–Crippen LogP) is 4.25. The van der Waals surface area contributed by atoms with Gasteiger partial charge in [-0.15, -0.1) is 0 Å². The highest BCUT2D eigenvalue weighted by Crippen LogP contribution is 2.48. The van der Waals surface area contributed by atoms with E-state index in [4.69, 9.17) is 16.3 Å². The third-order valence-corrected chi connectivity index (χ3v) is 4.93. The monoisotopic (exact) mass is 312 g/mol. The summed E-state index contributed by atoms with van der Waals surface area (Å²) in [4.78, 5) is 10.5. The number of anilines is 1. The molecule has 0 radical (unpaired) electrons. The summed E-state index contributed by atoms with van der Waals surface area (Å²) in [5, 5.41) is 14.7. The van der Waals surface area contributed by atoms with Crippen LogP contribution in [-0.2, 0) is 4.74 Å². The van der Waals surface area contributed by atoms with Gasteiger partial charge in [-0.25, -0.2) is 0 Å². The minimum absolute atomic E-state index is 0.0178. The molecule has 0 heterocycles. The molecule has 1 aromatic rings. The Morgan fingerprint density at radius 3 is 2.81 bits per heavy atom. The van der Waals surface area contributed by atoms with E-state index in [0.29, 0.717) is 17.3 Å². The number of ether oxygens (including phenoxy) is 1. The van der Waals surface area contributed by atoms with Gasteiger partial charge in [0.2, 0.25) is 0 Å². The van der Waals surface area contributed by atoms with E-state index >= 15 is 0 Å². The zero-order chi connectivity index (χ0) is 15.6. The number of nitro benzene ring substituents is 1. The molecule has 0 saturated heterocycles. The minimum atomic E-state index is -0.412. The summed E-state index contributed by atoms with van der Waals surface area (Å²) in [5.74, 6) is 0. The van der Waals surface area contributed by atoms with Crippen molar-refractivity contribution in [3.63, 3.8) is 0 Å². The number of rotatable bonds is 6. The molecule has 0 aliphatic heterocycles. The summed E-state index contributed by atoms with van der Waals surface area (Å²) in [5.41, 5.74) is 0.676. The SMILES string of the molecule is CCOC1CC(Nc2cc([N+](=O)[O-])ccc2Cl)C1(C)CC. The number of nitrogens with zero attached hydrogens (tertiary/aromatic N) is 1. The second-order valence-electron chi connectivity index (χ2n) is 5.66. The molecule has 1 N–H and O–H groups in total. The average molecular weight is 313 g/mol. The van der Waals surface area contributed by atoms with Gasteiger partial charge in [0.1, 0.15) is 0 Å². The Balaban J connectivity index is 2.15. The van der Waals surface area contributed by atoms with E-state index in [2.05, 4.69) is 19.2 Å². The van der Waals surface area contributed by atoms with Gasteiger partial charge in [-0.2, -0.15) is 0 Å². The largest absolute Gasteiger partial charge is 0.380 e. The van der Waals surface area contributed by atoms with Crippen molar-refractivity contribution in [2.75, 3.05) is 11.9 Å². The highest BCUT2D eigenvalue weighted by atomic mass is 35.5. The standard InChI is InChI=1S/C15H21ClN2O3/c1-4-15(3)13(9-14(15)21-5-2)17-12-8-10(18(19)20)6-7-11(12)16/h6-8,13-14,17H,4-5,9H2,1-3H3. The van der Waals surface area contributed by atoms with Crippen molar-refractivity contribution in [3.05, 3.63) is 33.3 Å². The molecule has 0 spiro atoms. The molecule has 1 saturated carbocycles. The van der Waals surface area contributed by atoms with Crippen LogP contribution in [-0.4, -0.2) is 23.7 Å². The predicted molar refractivity (Wildman–Crippen MR) is 83.9 cm³/mol. The molecule has 21 heavy (non-hydrogen) atoms. The number of hydrogen-bond donors (Lipinski definition) is 1. The molecular formula is C15H21ClN2O3. The number of benzene rings is 1. The molecule has 3 atom stereocenters. The second kappa shape index (κ2) is 6.20. The molecule has 1 fully saturated rings. The molecule has 6 heteroatoms. The van der Waals surface area contributed by atoms with E-state index in [1.165, 1.54) is 12.1 Å². The Hall–Kier alpha value is -1.33. The van der Waals surface area contributed by atoms with Crippen LogP contribution in [0.5, 0.6) is 0 Å². The highest BCUT2D eigenvalue weighted by molar-refractivity contribution is 6.33. The number of halogens is 1. The molecule has 0 amide bonds. The Morgan fingerprint density at radius 2 is 2.24 bits per heavy atom. The van der Waals surface area contributed by atoms with Crippen molar-refractivity contribution in [2.24, 2.45) is 5.41 Å². The van der Waals surface area contributed by atoms with E-state index in [1.54, 1.807) is 6.07 Å². The average Bonchev–Trinajstić information content (AvgIpc) is 2.46. The number of hydrogen-bond acceptors (Lipinski definition) is 4. The first-order valence-electron chi connectivity index (χ1n) is 7.24. The van der Waals surface area contributed by atoms with E-state index in [0.717, 1.165) is 12.8 Å². The Kier molecular flexibility index (Phi) is 4.74. The molecule has 1 aliphatic rings. The maximum atomic E-state index is 10.9. The van der Waals surface area contributed by atoms with Gasteiger partial charge in [-0.05, 0) is 25.8 Å². The first-order valence-corrected chi connectivity index (χ1v) is 7.62. The van der Waals surface area contributed by atoms with Crippen molar-refractivity contribution in [1.29, 1.82) is 0 Å². The fraction of sp³-hybridized carbons (Fsp3) is 0.600. The third-order valence-electron chi connectivity index (χ3n) is 4.60. The number of non-ortho nitro benzene ring substituents is 1. The van der Waals surface area contributed by atoms with Gasteiger partial charge in [0.15, 0.2) is 0 Å². The van der Waals surface area contributed by atoms with Gasteiger partial charge in [0.05, 0.1) is 21.7 Å². The zero-order valence-corrected chi connectivity index (χ0v) is 13.3. The Bertz CT molecular complexity index is 538. The lowest BCUT2D eigenvalue weighted by Gasteiger charge is -2.54. The van der Waals surface area contributed by atoms with Crippen LogP contribution < -0.4 is 5.32 Å². The fourth-order valence-corrected chi connectivity index (χ4v) is 3.07. The minimum Gasteiger partial charge on any atom is -0.380 e. The van der Waals surface area contributed by atoms with Crippen molar-refractivity contribution in [2.45, 2.75) is 45.8 Å². The smallest absolute Gasteiger partial charge is 0.271 e. The van der Waals surface area contributed by atoms with E-state index < -0.39 is 4.92 Å². The summed E-state index contributed by atoms with van der Waals surface area (Å²) < 4.78 is 5.76. The maximum absolute atomic E-state index is 10.9. The molecule has 2 rings (SSSR count). The van der Waals surface area contributed by atoms with Crippen molar-refractivity contribution in [3.8, 4) is 0 Å². The quantitative estimate of drug-likeness (QED) is 0.630. The van der Waals surface area contributed by atoms with Crippen LogP contribution in [0.4, 0.5) is 11.4 Å². The van der Waals surface area contributed by atoms with Gasteiger partial charge in [-0.3, -0.25) is 10.1 Å². The Labute approximate surface area is 129 Å². The topological polar surface area (TPSA) is 64.4 Å². The van der Waals surface area contributed by atoms with E-state index in [9.17, 15) is 10.1 Å². The maximum Gasteiger partial charge on any atom is 0.271 e. The summed E-state index contributed by atoms with van der Waals surface area (Å²) >= 11 is 6.14. The molecule has 5 nitrogen and oxygen atoms in total. The van der Waals surface area contributed by atoms with Crippen LogP contribution in [0, 0.1) is 15.5 Å². The summed E-state index contributed by atoms with van der Waals surface area (Å²) in [6.07, 6.45) is 2.08. The first-order chi connectivity index (χ1) is 9.92. The van der Waals surface area contributed by atoms with E-state index in [1.807, 2.05) is 6.92 Å². The van der Waals surface area contributed by atoms with Crippen LogP contribution in [0.15, 0.2) is 18.2 Å². The van der Waals surface area contributed by atoms with Crippen molar-refractivity contribution in [1.82, 2.24) is 0 Å². The molecule has 3 unspecified atom stereocenters. The molecule has 0 aromatic heterocycles.